The zero-order chi connectivity index (χ0) is 19.8. The van der Waals surface area contributed by atoms with Crippen LogP contribution in [0.2, 0.25) is 5.02 Å². The number of hydrogen-bond donors (Lipinski definition) is 1. The van der Waals surface area contributed by atoms with Crippen LogP contribution in [0.25, 0.3) is 5.57 Å². The van der Waals surface area contributed by atoms with Gasteiger partial charge >= 0.3 is 0 Å². The number of benzene rings is 1. The highest BCUT2D eigenvalue weighted by Gasteiger charge is 2.24. The molecule has 2 aromatic rings. The number of hydrogen-bond acceptors (Lipinski definition) is 2. The Morgan fingerprint density at radius 1 is 1.15 bits per heavy atom. The highest BCUT2D eigenvalue weighted by molar-refractivity contribution is 6.32. The van der Waals surface area contributed by atoms with E-state index < -0.39 is 0 Å². The molecular weight excluding hydrogens is 348 g/mol. The Morgan fingerprint density at radius 3 is 2.31 bits per heavy atom. The van der Waals surface area contributed by atoms with Gasteiger partial charge in [-0.2, -0.15) is 0 Å². The van der Waals surface area contributed by atoms with E-state index in [0.29, 0.717) is 28.7 Å². The zero-order valence-electron chi connectivity index (χ0n) is 16.6. The van der Waals surface area contributed by atoms with Crippen molar-refractivity contribution in [3.63, 3.8) is 0 Å². The number of aromatic nitrogens is 2. The summed E-state index contributed by atoms with van der Waals surface area (Å²) in [5.74, 6) is 0.0427. The number of halogens is 1. The van der Waals surface area contributed by atoms with Crippen LogP contribution in [0, 0.1) is 19.8 Å². The fraction of sp³-hybridized carbons (Fsp3) is 0.429. The summed E-state index contributed by atoms with van der Waals surface area (Å²) in [6, 6.07) is 3.44. The van der Waals surface area contributed by atoms with Crippen molar-refractivity contribution in [2.24, 2.45) is 5.92 Å². The number of ketones is 1. The maximum Gasteiger partial charge on any atom is 0.278 e. The Bertz CT molecular complexity index is 942. The van der Waals surface area contributed by atoms with Crippen molar-refractivity contribution in [3.05, 3.63) is 61.0 Å². The van der Waals surface area contributed by atoms with E-state index >= 15 is 0 Å². The summed E-state index contributed by atoms with van der Waals surface area (Å²) >= 11 is 6.40. The molecule has 0 unspecified atom stereocenters. The number of rotatable bonds is 5. The van der Waals surface area contributed by atoms with Crippen LogP contribution in [-0.4, -0.2) is 15.6 Å². The van der Waals surface area contributed by atoms with E-state index in [2.05, 4.69) is 5.10 Å². The molecule has 0 amide bonds. The van der Waals surface area contributed by atoms with Crippen LogP contribution < -0.4 is 5.56 Å². The third-order valence-electron chi connectivity index (χ3n) is 4.70. The molecular formula is C21H27ClN2O2. The lowest BCUT2D eigenvalue weighted by Crippen LogP contribution is -2.24. The molecule has 1 aromatic carbocycles. The topological polar surface area (TPSA) is 54.9 Å². The number of aromatic amines is 1. The largest absolute Gasteiger partial charge is 0.299 e. The third-order valence-corrected chi connectivity index (χ3v) is 5.01. The van der Waals surface area contributed by atoms with E-state index in [0.717, 1.165) is 22.3 Å². The number of aryl methyl sites for hydroxylation is 1. The van der Waals surface area contributed by atoms with Gasteiger partial charge in [-0.05, 0) is 69.4 Å². The van der Waals surface area contributed by atoms with Gasteiger partial charge in [0.1, 0.15) is 5.56 Å². The van der Waals surface area contributed by atoms with Gasteiger partial charge in [-0.1, -0.05) is 31.0 Å². The minimum atomic E-state index is -0.268. The molecule has 1 heterocycles. The van der Waals surface area contributed by atoms with Gasteiger partial charge in [0, 0.05) is 22.8 Å². The van der Waals surface area contributed by atoms with Crippen molar-refractivity contribution in [2.45, 2.75) is 55.0 Å². The molecule has 140 valence electrons. The number of carbonyl (C=O) groups is 1. The lowest BCUT2D eigenvalue weighted by atomic mass is 9.91. The molecule has 0 atom stereocenters. The summed E-state index contributed by atoms with van der Waals surface area (Å²) < 4.78 is 1.51. The van der Waals surface area contributed by atoms with Crippen LogP contribution in [0.15, 0.2) is 22.5 Å². The average Bonchev–Trinajstić information content (AvgIpc) is 2.80. The van der Waals surface area contributed by atoms with E-state index in [4.69, 9.17) is 11.6 Å². The first kappa shape index (κ1) is 20.2. The van der Waals surface area contributed by atoms with E-state index in [-0.39, 0.29) is 16.9 Å². The summed E-state index contributed by atoms with van der Waals surface area (Å²) in [7, 11) is 0. The predicted molar refractivity (Wildman–Crippen MR) is 108 cm³/mol. The minimum absolute atomic E-state index is 0.205. The van der Waals surface area contributed by atoms with E-state index in [1.54, 1.807) is 19.1 Å². The number of carbonyl (C=O) groups excluding carboxylic acids is 1. The highest BCUT2D eigenvalue weighted by Crippen LogP contribution is 2.32. The Labute approximate surface area is 159 Å². The van der Waals surface area contributed by atoms with Gasteiger partial charge < -0.3 is 0 Å². The van der Waals surface area contributed by atoms with Gasteiger partial charge in [0.2, 0.25) is 5.78 Å². The first-order chi connectivity index (χ1) is 12.1. The molecule has 0 saturated heterocycles. The molecule has 0 aliphatic carbocycles. The molecule has 2 rings (SSSR count). The van der Waals surface area contributed by atoms with E-state index in [1.807, 2.05) is 41.5 Å². The average molecular weight is 375 g/mol. The molecule has 0 spiro atoms. The normalized spacial score (nSPS) is 11.1. The van der Waals surface area contributed by atoms with Gasteiger partial charge in [0.05, 0.1) is 0 Å². The summed E-state index contributed by atoms with van der Waals surface area (Å²) in [6.07, 6.45) is 0. The van der Waals surface area contributed by atoms with Crippen LogP contribution in [0.3, 0.4) is 0 Å². The summed E-state index contributed by atoms with van der Waals surface area (Å²) in [6.45, 7) is 14.3. The van der Waals surface area contributed by atoms with Crippen LogP contribution in [0.4, 0.5) is 0 Å². The van der Waals surface area contributed by atoms with Crippen LogP contribution in [-0.2, 0) is 6.54 Å². The molecule has 0 radical (unpaired) electrons. The molecule has 1 N–H and O–H groups in total. The second-order valence-corrected chi connectivity index (χ2v) is 7.88. The molecule has 0 aliphatic heterocycles. The van der Waals surface area contributed by atoms with Crippen molar-refractivity contribution in [1.82, 2.24) is 9.78 Å². The predicted octanol–water partition coefficient (Wildman–Crippen LogP) is 5.15. The molecule has 5 heteroatoms. The van der Waals surface area contributed by atoms with E-state index in [9.17, 15) is 9.59 Å². The van der Waals surface area contributed by atoms with E-state index in [1.165, 1.54) is 4.68 Å². The second-order valence-electron chi connectivity index (χ2n) is 7.47. The lowest BCUT2D eigenvalue weighted by molar-refractivity contribution is 0.103. The minimum Gasteiger partial charge on any atom is -0.299 e. The monoisotopic (exact) mass is 374 g/mol. The Kier molecular flexibility index (Phi) is 5.97. The third kappa shape index (κ3) is 3.70. The maximum atomic E-state index is 13.2. The van der Waals surface area contributed by atoms with Gasteiger partial charge in [-0.25, -0.2) is 0 Å². The molecule has 4 nitrogen and oxygen atoms in total. The fourth-order valence-corrected chi connectivity index (χ4v) is 3.48. The SMILES string of the molecule is CC(C)=C(C)c1c(Cl)ccc(C(=O)c2c(C)[nH]n(CC(C)C)c2=O)c1C. The molecule has 0 fully saturated rings. The summed E-state index contributed by atoms with van der Waals surface area (Å²) in [5.41, 5.74) is 4.90. The Balaban J connectivity index is 2.63. The first-order valence-corrected chi connectivity index (χ1v) is 9.21. The Hall–Kier alpha value is -2.07. The van der Waals surface area contributed by atoms with Crippen molar-refractivity contribution in [2.75, 3.05) is 0 Å². The maximum absolute atomic E-state index is 13.2. The van der Waals surface area contributed by atoms with Gasteiger partial charge in [0.15, 0.2) is 0 Å². The number of H-pyrrole nitrogens is 1. The van der Waals surface area contributed by atoms with Crippen LogP contribution in [0.5, 0.6) is 0 Å². The lowest BCUT2D eigenvalue weighted by Gasteiger charge is -2.14. The smallest absolute Gasteiger partial charge is 0.278 e. The number of nitrogens with zero attached hydrogens (tertiary/aromatic N) is 1. The molecule has 0 saturated carbocycles. The molecule has 26 heavy (non-hydrogen) atoms. The molecule has 0 aliphatic rings. The van der Waals surface area contributed by atoms with Crippen LogP contribution >= 0.6 is 11.6 Å². The highest BCUT2D eigenvalue weighted by atomic mass is 35.5. The zero-order valence-corrected chi connectivity index (χ0v) is 17.3. The summed E-state index contributed by atoms with van der Waals surface area (Å²) in [4.78, 5) is 25.9. The number of nitrogens with one attached hydrogen (secondary N) is 1. The van der Waals surface area contributed by atoms with Gasteiger partial charge in [-0.15, -0.1) is 0 Å². The standard InChI is InChI=1S/C21H27ClN2O2/c1-11(2)10-24-21(26)19(15(7)23-24)20(25)16-8-9-17(22)18(14(16)6)13(5)12(3)4/h8-9,11,23H,10H2,1-7H3. The van der Waals surface area contributed by atoms with Crippen molar-refractivity contribution >= 4 is 23.0 Å². The fourth-order valence-electron chi connectivity index (χ4n) is 3.14. The van der Waals surface area contributed by atoms with Crippen molar-refractivity contribution < 1.29 is 4.79 Å². The Morgan fingerprint density at radius 2 is 1.77 bits per heavy atom. The molecule has 0 bridgehead atoms. The van der Waals surface area contributed by atoms with Crippen molar-refractivity contribution in [3.8, 4) is 0 Å². The van der Waals surface area contributed by atoms with Crippen molar-refractivity contribution in [1.29, 1.82) is 0 Å². The van der Waals surface area contributed by atoms with Gasteiger partial charge in [-0.3, -0.25) is 19.4 Å². The summed E-state index contributed by atoms with van der Waals surface area (Å²) in [5, 5.41) is 3.64. The second kappa shape index (κ2) is 7.67. The van der Waals surface area contributed by atoms with Crippen LogP contribution in [0.1, 0.15) is 67.4 Å². The number of allylic oxidation sites excluding steroid dienone is 2. The quantitative estimate of drug-likeness (QED) is 0.736. The van der Waals surface area contributed by atoms with Gasteiger partial charge in [0.25, 0.3) is 5.56 Å². The molecule has 1 aromatic heterocycles. The first-order valence-electron chi connectivity index (χ1n) is 8.83.